The summed E-state index contributed by atoms with van der Waals surface area (Å²) in [6.45, 7) is 4.98. The molecule has 1 amide bonds. The molecule has 1 fully saturated rings. The molecule has 3 nitrogen and oxygen atoms in total. The maximum absolute atomic E-state index is 11.7. The largest absolute Gasteiger partial charge is 0.356 e. The fraction of sp³-hybridized carbons (Fsp3) is 0.933. The van der Waals surface area contributed by atoms with Crippen molar-refractivity contribution in [2.45, 2.75) is 64.7 Å². The minimum Gasteiger partial charge on any atom is -0.356 e. The monoisotopic (exact) mass is 254 g/mol. The number of hydrogen-bond donors (Lipinski definition) is 2. The standard InChI is InChI=1S/C15H30N2O/c1-2-3-4-5-6-7-8-9-11-17-15(18)14-10-12-16-13-14/h14,16H,2-13H2,1H3,(H,17,18). The first-order valence-electron chi connectivity index (χ1n) is 7.83. The van der Waals surface area contributed by atoms with Crippen LogP contribution in [0.25, 0.3) is 0 Å². The molecule has 1 unspecified atom stereocenters. The Labute approximate surface area is 112 Å². The zero-order valence-electron chi connectivity index (χ0n) is 12.0. The Hall–Kier alpha value is -0.570. The maximum Gasteiger partial charge on any atom is 0.224 e. The molecule has 0 aliphatic carbocycles. The lowest BCUT2D eigenvalue weighted by atomic mass is 10.1. The second-order valence-electron chi connectivity index (χ2n) is 5.46. The Morgan fingerprint density at radius 2 is 1.78 bits per heavy atom. The number of nitrogens with one attached hydrogen (secondary N) is 2. The molecule has 1 rings (SSSR count). The average molecular weight is 254 g/mol. The molecule has 0 aromatic rings. The lowest BCUT2D eigenvalue weighted by molar-refractivity contribution is -0.124. The lowest BCUT2D eigenvalue weighted by Crippen LogP contribution is -2.32. The van der Waals surface area contributed by atoms with Crippen molar-refractivity contribution < 1.29 is 4.79 Å². The number of rotatable bonds is 10. The van der Waals surface area contributed by atoms with E-state index < -0.39 is 0 Å². The summed E-state index contributed by atoms with van der Waals surface area (Å²) in [5.74, 6) is 0.474. The van der Waals surface area contributed by atoms with E-state index in [2.05, 4.69) is 17.6 Å². The summed E-state index contributed by atoms with van der Waals surface area (Å²) in [5.41, 5.74) is 0. The molecule has 0 bridgehead atoms. The third kappa shape index (κ3) is 7.00. The van der Waals surface area contributed by atoms with Gasteiger partial charge in [0.15, 0.2) is 0 Å². The fourth-order valence-electron chi connectivity index (χ4n) is 2.49. The van der Waals surface area contributed by atoms with Crippen LogP contribution >= 0.6 is 0 Å². The van der Waals surface area contributed by atoms with Crippen LogP contribution in [0.5, 0.6) is 0 Å². The molecule has 1 saturated heterocycles. The molecule has 0 radical (unpaired) electrons. The van der Waals surface area contributed by atoms with E-state index in [0.29, 0.717) is 0 Å². The van der Waals surface area contributed by atoms with Crippen molar-refractivity contribution >= 4 is 5.91 Å². The normalized spacial score (nSPS) is 19.1. The maximum atomic E-state index is 11.7. The molecule has 1 aliphatic rings. The Morgan fingerprint density at radius 3 is 2.39 bits per heavy atom. The van der Waals surface area contributed by atoms with Gasteiger partial charge in [0.2, 0.25) is 5.91 Å². The average Bonchev–Trinajstić information content (AvgIpc) is 2.90. The van der Waals surface area contributed by atoms with Gasteiger partial charge in [-0.1, -0.05) is 51.9 Å². The number of carbonyl (C=O) groups is 1. The van der Waals surface area contributed by atoms with Crippen LogP contribution in [-0.2, 0) is 4.79 Å². The predicted octanol–water partition coefficient (Wildman–Crippen LogP) is 2.85. The van der Waals surface area contributed by atoms with Crippen LogP contribution in [0.4, 0.5) is 0 Å². The molecule has 2 N–H and O–H groups in total. The number of carbonyl (C=O) groups excluding carboxylic acids is 1. The number of amides is 1. The van der Waals surface area contributed by atoms with E-state index in [1.54, 1.807) is 0 Å². The van der Waals surface area contributed by atoms with Gasteiger partial charge in [-0.05, 0) is 19.4 Å². The Balaban J connectivity index is 1.82. The highest BCUT2D eigenvalue weighted by atomic mass is 16.1. The Bertz CT molecular complexity index is 213. The van der Waals surface area contributed by atoms with Gasteiger partial charge in [-0.15, -0.1) is 0 Å². The smallest absolute Gasteiger partial charge is 0.224 e. The first kappa shape index (κ1) is 15.5. The first-order chi connectivity index (χ1) is 8.84. The van der Waals surface area contributed by atoms with Gasteiger partial charge in [-0.3, -0.25) is 4.79 Å². The van der Waals surface area contributed by atoms with Crippen LogP contribution in [-0.4, -0.2) is 25.5 Å². The molecule has 1 aliphatic heterocycles. The highest BCUT2D eigenvalue weighted by Crippen LogP contribution is 2.09. The predicted molar refractivity (Wildman–Crippen MR) is 76.6 cm³/mol. The molecule has 106 valence electrons. The van der Waals surface area contributed by atoms with E-state index in [4.69, 9.17) is 0 Å². The summed E-state index contributed by atoms with van der Waals surface area (Å²) in [5, 5.41) is 6.28. The number of hydrogen-bond acceptors (Lipinski definition) is 2. The van der Waals surface area contributed by atoms with Crippen molar-refractivity contribution in [3.05, 3.63) is 0 Å². The first-order valence-corrected chi connectivity index (χ1v) is 7.83. The summed E-state index contributed by atoms with van der Waals surface area (Å²) < 4.78 is 0. The summed E-state index contributed by atoms with van der Waals surface area (Å²) in [6.07, 6.45) is 11.6. The summed E-state index contributed by atoms with van der Waals surface area (Å²) in [7, 11) is 0. The van der Waals surface area contributed by atoms with Crippen LogP contribution in [0.1, 0.15) is 64.7 Å². The van der Waals surface area contributed by atoms with Crippen LogP contribution in [0.2, 0.25) is 0 Å². The van der Waals surface area contributed by atoms with Crippen molar-refractivity contribution in [1.82, 2.24) is 10.6 Å². The van der Waals surface area contributed by atoms with Crippen molar-refractivity contribution in [3.8, 4) is 0 Å². The molecule has 1 atom stereocenters. The van der Waals surface area contributed by atoms with Gasteiger partial charge in [0.25, 0.3) is 0 Å². The molecule has 0 saturated carbocycles. The number of unbranched alkanes of at least 4 members (excludes halogenated alkanes) is 7. The molecule has 1 heterocycles. The van der Waals surface area contributed by atoms with Gasteiger partial charge in [-0.25, -0.2) is 0 Å². The van der Waals surface area contributed by atoms with E-state index in [9.17, 15) is 4.79 Å². The zero-order chi connectivity index (χ0) is 13.1. The van der Waals surface area contributed by atoms with E-state index in [0.717, 1.165) is 32.5 Å². The van der Waals surface area contributed by atoms with Crippen LogP contribution in [0.15, 0.2) is 0 Å². The second-order valence-corrected chi connectivity index (χ2v) is 5.46. The molecular weight excluding hydrogens is 224 g/mol. The van der Waals surface area contributed by atoms with Crippen molar-refractivity contribution in [3.63, 3.8) is 0 Å². The van der Waals surface area contributed by atoms with E-state index in [-0.39, 0.29) is 11.8 Å². The third-order valence-electron chi connectivity index (χ3n) is 3.76. The topological polar surface area (TPSA) is 41.1 Å². The molecule has 0 aromatic carbocycles. The molecule has 0 spiro atoms. The van der Waals surface area contributed by atoms with Crippen molar-refractivity contribution in [2.75, 3.05) is 19.6 Å². The van der Waals surface area contributed by atoms with Crippen molar-refractivity contribution in [1.29, 1.82) is 0 Å². The highest BCUT2D eigenvalue weighted by Gasteiger charge is 2.21. The zero-order valence-corrected chi connectivity index (χ0v) is 12.0. The third-order valence-corrected chi connectivity index (χ3v) is 3.76. The van der Waals surface area contributed by atoms with Crippen LogP contribution < -0.4 is 10.6 Å². The quantitative estimate of drug-likeness (QED) is 0.589. The minimum absolute atomic E-state index is 0.221. The lowest BCUT2D eigenvalue weighted by Gasteiger charge is -2.09. The van der Waals surface area contributed by atoms with Gasteiger partial charge in [-0.2, -0.15) is 0 Å². The van der Waals surface area contributed by atoms with E-state index >= 15 is 0 Å². The molecule has 18 heavy (non-hydrogen) atoms. The van der Waals surface area contributed by atoms with Crippen LogP contribution in [0, 0.1) is 5.92 Å². The van der Waals surface area contributed by atoms with E-state index in [1.807, 2.05) is 0 Å². The van der Waals surface area contributed by atoms with Crippen molar-refractivity contribution in [2.24, 2.45) is 5.92 Å². The highest BCUT2D eigenvalue weighted by molar-refractivity contribution is 5.79. The summed E-state index contributed by atoms with van der Waals surface area (Å²) in [6, 6.07) is 0. The Morgan fingerprint density at radius 1 is 1.11 bits per heavy atom. The summed E-state index contributed by atoms with van der Waals surface area (Å²) >= 11 is 0. The SMILES string of the molecule is CCCCCCCCCCNC(=O)C1CCNC1. The minimum atomic E-state index is 0.221. The van der Waals surface area contributed by atoms with Gasteiger partial charge in [0.1, 0.15) is 0 Å². The van der Waals surface area contributed by atoms with E-state index in [1.165, 1.54) is 44.9 Å². The van der Waals surface area contributed by atoms with Gasteiger partial charge >= 0.3 is 0 Å². The van der Waals surface area contributed by atoms with Crippen LogP contribution in [0.3, 0.4) is 0 Å². The molecular formula is C15H30N2O. The molecule has 3 heteroatoms. The molecule has 0 aromatic heterocycles. The summed E-state index contributed by atoms with van der Waals surface area (Å²) in [4.78, 5) is 11.7. The van der Waals surface area contributed by atoms with Gasteiger partial charge in [0, 0.05) is 13.1 Å². The van der Waals surface area contributed by atoms with Gasteiger partial charge in [0.05, 0.1) is 5.92 Å². The Kier molecular flexibility index (Phi) is 8.92. The van der Waals surface area contributed by atoms with Gasteiger partial charge < -0.3 is 10.6 Å². The second kappa shape index (κ2) is 10.4. The fourth-order valence-corrected chi connectivity index (χ4v) is 2.49.